The number of aromatic nitrogens is 1. The molecule has 2 aliphatic rings. The van der Waals surface area contributed by atoms with Gasteiger partial charge in [0.1, 0.15) is 18.1 Å². The van der Waals surface area contributed by atoms with Crippen molar-refractivity contribution in [2.24, 2.45) is 5.73 Å². The normalized spacial score (nSPS) is 17.7. The van der Waals surface area contributed by atoms with Crippen LogP contribution in [0.25, 0.3) is 10.9 Å². The van der Waals surface area contributed by atoms with Gasteiger partial charge in [-0.25, -0.2) is 4.39 Å². The SMILES string of the molecule is COCC(=O)N1CCC[C@H](NC(=O)C(=S)NC2=CCN(C(C)C)CC2)C1.NC(=O)c1cc2cc(F)ccc2[nH]1. The number of benzene rings is 1. The molecule has 0 saturated carbocycles. The van der Waals surface area contributed by atoms with Crippen LogP contribution in [0.1, 0.15) is 43.6 Å². The average Bonchev–Trinajstić information content (AvgIpc) is 3.33. The van der Waals surface area contributed by atoms with Crippen molar-refractivity contribution in [3.8, 4) is 0 Å². The van der Waals surface area contributed by atoms with E-state index >= 15 is 0 Å². The van der Waals surface area contributed by atoms with Gasteiger partial charge in [0.05, 0.1) is 0 Å². The number of primary amides is 1. The largest absolute Gasteiger partial charge is 0.375 e. The molecule has 0 unspecified atom stereocenters. The third-order valence-electron chi connectivity index (χ3n) is 6.68. The summed E-state index contributed by atoms with van der Waals surface area (Å²) < 4.78 is 17.6. The summed E-state index contributed by atoms with van der Waals surface area (Å²) in [6.45, 7) is 7.45. The van der Waals surface area contributed by atoms with Crippen molar-refractivity contribution in [1.29, 1.82) is 0 Å². The van der Waals surface area contributed by atoms with E-state index in [-0.39, 0.29) is 35.3 Å². The van der Waals surface area contributed by atoms with Crippen LogP contribution in [-0.4, -0.2) is 89.5 Å². The highest BCUT2D eigenvalue weighted by Gasteiger charge is 2.26. The molecule has 2 aromatic rings. The Morgan fingerprint density at radius 2 is 2.03 bits per heavy atom. The van der Waals surface area contributed by atoms with Crippen molar-refractivity contribution in [3.05, 3.63) is 47.5 Å². The summed E-state index contributed by atoms with van der Waals surface area (Å²) in [5, 5.41) is 6.67. The quantitative estimate of drug-likeness (QED) is 0.398. The predicted octanol–water partition coefficient (Wildman–Crippen LogP) is 2.06. The molecule has 1 fully saturated rings. The first-order chi connectivity index (χ1) is 18.6. The van der Waals surface area contributed by atoms with E-state index in [1.165, 1.54) is 25.3 Å². The topological polar surface area (TPSA) is 133 Å². The van der Waals surface area contributed by atoms with Crippen molar-refractivity contribution in [3.63, 3.8) is 0 Å². The smallest absolute Gasteiger partial charge is 0.279 e. The van der Waals surface area contributed by atoms with Crippen molar-refractivity contribution in [1.82, 2.24) is 25.4 Å². The fourth-order valence-electron chi connectivity index (χ4n) is 4.49. The van der Waals surface area contributed by atoms with Gasteiger partial charge >= 0.3 is 0 Å². The molecule has 5 N–H and O–H groups in total. The molecule has 4 rings (SSSR count). The molecule has 1 atom stereocenters. The van der Waals surface area contributed by atoms with Gasteiger partial charge in [0, 0.05) is 62.0 Å². The summed E-state index contributed by atoms with van der Waals surface area (Å²) in [7, 11) is 1.51. The third-order valence-corrected chi connectivity index (χ3v) is 6.96. The number of halogens is 1. The molecule has 2 aliphatic heterocycles. The molecular formula is C27H37FN6O4S. The number of likely N-dealkylation sites (tertiary alicyclic amines) is 1. The Kier molecular flexibility index (Phi) is 11.0. The minimum absolute atomic E-state index is 0.0470. The maximum atomic E-state index is 12.7. The highest BCUT2D eigenvalue weighted by molar-refractivity contribution is 7.82. The number of piperidine rings is 1. The minimum Gasteiger partial charge on any atom is -0.375 e. The number of carbonyl (C=O) groups is 3. The number of fused-ring (bicyclic) bond motifs is 1. The number of aromatic amines is 1. The third kappa shape index (κ3) is 8.84. The summed E-state index contributed by atoms with van der Waals surface area (Å²) in [5.41, 5.74) is 7.05. The van der Waals surface area contributed by atoms with E-state index in [2.05, 4.69) is 40.4 Å². The summed E-state index contributed by atoms with van der Waals surface area (Å²) in [6, 6.07) is 6.20. The molecule has 0 bridgehead atoms. The molecule has 212 valence electrons. The fourth-order valence-corrected chi connectivity index (χ4v) is 4.68. The van der Waals surface area contributed by atoms with Crippen LogP contribution in [0.3, 0.4) is 0 Å². The van der Waals surface area contributed by atoms with E-state index in [4.69, 9.17) is 22.7 Å². The molecule has 12 heteroatoms. The van der Waals surface area contributed by atoms with Gasteiger partial charge in [-0.2, -0.15) is 0 Å². The summed E-state index contributed by atoms with van der Waals surface area (Å²) in [5.74, 6) is -1.20. The lowest BCUT2D eigenvalue weighted by molar-refractivity contribution is -0.137. The maximum Gasteiger partial charge on any atom is 0.279 e. The number of nitrogens with zero attached hydrogens (tertiary/aromatic N) is 2. The molecule has 0 spiro atoms. The van der Waals surface area contributed by atoms with E-state index in [0.717, 1.165) is 38.0 Å². The zero-order valence-electron chi connectivity index (χ0n) is 22.6. The number of rotatable bonds is 6. The summed E-state index contributed by atoms with van der Waals surface area (Å²) in [4.78, 5) is 42.1. The number of hydrogen-bond acceptors (Lipinski definition) is 6. The van der Waals surface area contributed by atoms with Crippen LogP contribution in [0.15, 0.2) is 36.0 Å². The summed E-state index contributed by atoms with van der Waals surface area (Å²) in [6.07, 6.45) is 4.65. The first kappa shape index (κ1) is 30.2. The Labute approximate surface area is 233 Å². The van der Waals surface area contributed by atoms with Crippen LogP contribution in [0.4, 0.5) is 4.39 Å². The van der Waals surface area contributed by atoms with Crippen molar-refractivity contribution >= 4 is 45.8 Å². The molecule has 39 heavy (non-hydrogen) atoms. The lowest BCUT2D eigenvalue weighted by Gasteiger charge is -2.33. The van der Waals surface area contributed by atoms with Crippen molar-refractivity contribution in [2.75, 3.05) is 39.9 Å². The van der Waals surface area contributed by atoms with Crippen LogP contribution in [0, 0.1) is 5.82 Å². The second-order valence-corrected chi connectivity index (χ2v) is 10.3. The van der Waals surface area contributed by atoms with E-state index in [1.54, 1.807) is 11.0 Å². The Morgan fingerprint density at radius 1 is 1.26 bits per heavy atom. The molecule has 1 saturated heterocycles. The van der Waals surface area contributed by atoms with Crippen molar-refractivity contribution < 1.29 is 23.5 Å². The van der Waals surface area contributed by atoms with Crippen LogP contribution < -0.4 is 16.4 Å². The van der Waals surface area contributed by atoms with Gasteiger partial charge < -0.3 is 31.0 Å². The van der Waals surface area contributed by atoms with Gasteiger partial charge in [-0.1, -0.05) is 18.3 Å². The number of thiocarbonyl (C=S) groups is 1. The van der Waals surface area contributed by atoms with E-state index in [1.807, 2.05) is 0 Å². The van der Waals surface area contributed by atoms with Crippen LogP contribution >= 0.6 is 12.2 Å². The lowest BCUT2D eigenvalue weighted by atomic mass is 10.1. The number of amides is 3. The molecule has 10 nitrogen and oxygen atoms in total. The Balaban J connectivity index is 0.000000268. The van der Waals surface area contributed by atoms with Crippen LogP contribution in [0.5, 0.6) is 0 Å². The van der Waals surface area contributed by atoms with Crippen molar-refractivity contribution in [2.45, 2.75) is 45.2 Å². The van der Waals surface area contributed by atoms with E-state index in [0.29, 0.717) is 35.7 Å². The van der Waals surface area contributed by atoms with Gasteiger partial charge in [0.2, 0.25) is 5.91 Å². The Bertz CT molecular complexity index is 1230. The van der Waals surface area contributed by atoms with Gasteiger partial charge in [-0.15, -0.1) is 0 Å². The molecule has 1 aromatic carbocycles. The number of methoxy groups -OCH3 is 1. The number of H-pyrrole nitrogens is 1. The highest BCUT2D eigenvalue weighted by atomic mass is 32.1. The molecular weight excluding hydrogens is 523 g/mol. The number of nitrogens with two attached hydrogens (primary N) is 1. The highest BCUT2D eigenvalue weighted by Crippen LogP contribution is 2.16. The lowest BCUT2D eigenvalue weighted by Crippen LogP contribution is -2.52. The van der Waals surface area contributed by atoms with Gasteiger partial charge in [-0.05, 0) is 57.4 Å². The predicted molar refractivity (Wildman–Crippen MR) is 152 cm³/mol. The van der Waals surface area contributed by atoms with E-state index in [9.17, 15) is 18.8 Å². The van der Waals surface area contributed by atoms with Gasteiger partial charge in [0.25, 0.3) is 11.8 Å². The zero-order valence-corrected chi connectivity index (χ0v) is 23.4. The maximum absolute atomic E-state index is 12.7. The molecule has 0 radical (unpaired) electrons. The first-order valence-corrected chi connectivity index (χ1v) is 13.4. The van der Waals surface area contributed by atoms with Crippen LogP contribution in [-0.2, 0) is 14.3 Å². The Morgan fingerprint density at radius 3 is 2.67 bits per heavy atom. The number of ether oxygens (including phenoxy) is 1. The fraction of sp³-hybridized carbons (Fsp3) is 0.481. The van der Waals surface area contributed by atoms with E-state index < -0.39 is 5.91 Å². The van der Waals surface area contributed by atoms with Crippen LogP contribution in [0.2, 0.25) is 0 Å². The van der Waals surface area contributed by atoms with Gasteiger partial charge in [-0.3, -0.25) is 19.3 Å². The number of carbonyl (C=O) groups excluding carboxylic acids is 3. The number of hydrogen-bond donors (Lipinski definition) is 4. The molecule has 3 heterocycles. The second-order valence-electron chi connectivity index (χ2n) is 9.89. The molecule has 3 amide bonds. The first-order valence-electron chi connectivity index (χ1n) is 13.0. The monoisotopic (exact) mass is 560 g/mol. The summed E-state index contributed by atoms with van der Waals surface area (Å²) >= 11 is 5.25. The zero-order chi connectivity index (χ0) is 28.5. The second kappa shape index (κ2) is 14.2. The molecule has 0 aliphatic carbocycles. The van der Waals surface area contributed by atoms with Gasteiger partial charge in [0.15, 0.2) is 4.99 Å². The average molecular weight is 561 g/mol. The minimum atomic E-state index is -0.545. The Hall–Kier alpha value is -3.35. The standard InChI is InChI=1S/C18H30N4O3S.C9H7FN2O/c1-13(2)21-9-6-14(7-10-21)20-18(26)17(24)19-15-5-4-8-22(11-15)16(23)12-25-3;10-6-1-2-7-5(3-6)4-8(12-7)9(11)13/h6,13,15H,4-5,7-12H2,1-3H3,(H,19,24)(H,20,26);1-4,12H,(H2,11,13)/t15-;/m0./s1. The number of nitrogens with one attached hydrogen (secondary N) is 3. The molecule has 1 aromatic heterocycles.